The minimum absolute atomic E-state index is 0.242. The van der Waals surface area contributed by atoms with Crippen molar-refractivity contribution < 1.29 is 4.79 Å². The fourth-order valence-electron chi connectivity index (χ4n) is 1.62. The Morgan fingerprint density at radius 2 is 2.25 bits per heavy atom. The molecule has 7 heteroatoms. The Hall–Kier alpha value is -1.60. The van der Waals surface area contributed by atoms with E-state index in [4.69, 9.17) is 5.73 Å². The molecule has 1 heterocycles. The van der Waals surface area contributed by atoms with Crippen molar-refractivity contribution in [3.8, 4) is 0 Å². The van der Waals surface area contributed by atoms with Crippen LogP contribution in [-0.2, 0) is 0 Å². The van der Waals surface area contributed by atoms with Crippen molar-refractivity contribution in [1.82, 2.24) is 4.98 Å². The van der Waals surface area contributed by atoms with Crippen LogP contribution in [0.25, 0.3) is 0 Å². The molecule has 2 rings (SSSR count). The lowest BCUT2D eigenvalue weighted by molar-refractivity contribution is 0.103. The Balaban J connectivity index is 2.19. The number of carbonyl (C=O) groups excluding carboxylic acids is 1. The molecule has 1 aromatic carbocycles. The highest BCUT2D eigenvalue weighted by Gasteiger charge is 2.17. The second-order valence-corrected chi connectivity index (χ2v) is 6.05. The molecule has 106 valence electrons. The number of amides is 1. The van der Waals surface area contributed by atoms with Gasteiger partial charge in [-0.3, -0.25) is 4.79 Å². The number of thiazole rings is 1. The molecule has 0 aliphatic rings. The number of aryl methyl sites for hydroxylation is 1. The normalized spacial score (nSPS) is 10.3. The van der Waals surface area contributed by atoms with E-state index in [0.717, 1.165) is 16.6 Å². The molecule has 4 N–H and O–H groups in total. The summed E-state index contributed by atoms with van der Waals surface area (Å²) in [6.45, 7) is 4.68. The third kappa shape index (κ3) is 3.29. The largest absolute Gasteiger partial charge is 0.382 e. The van der Waals surface area contributed by atoms with E-state index in [9.17, 15) is 4.79 Å². The number of benzene rings is 1. The standard InChI is InChI=1S/C13H15BrN4OS/c1-3-16-13-18-11(15)10(20-13)12(19)17-9-5-4-7(2)6-8(9)14/h4-6H,3,15H2,1-2H3,(H,16,18)(H,17,19). The number of carbonyl (C=O) groups is 1. The van der Waals surface area contributed by atoms with Crippen LogP contribution in [0.3, 0.4) is 0 Å². The van der Waals surface area contributed by atoms with Crippen molar-refractivity contribution in [2.75, 3.05) is 22.9 Å². The smallest absolute Gasteiger partial charge is 0.269 e. The molecular formula is C13H15BrN4OS. The Bertz CT molecular complexity index is 641. The van der Waals surface area contributed by atoms with E-state index in [-0.39, 0.29) is 11.7 Å². The predicted octanol–water partition coefficient (Wildman–Crippen LogP) is 3.48. The Morgan fingerprint density at radius 1 is 1.50 bits per heavy atom. The van der Waals surface area contributed by atoms with Crippen molar-refractivity contribution in [2.45, 2.75) is 13.8 Å². The molecule has 0 saturated carbocycles. The summed E-state index contributed by atoms with van der Waals surface area (Å²) in [5.41, 5.74) is 7.59. The molecule has 0 saturated heterocycles. The van der Waals surface area contributed by atoms with Gasteiger partial charge in [0.2, 0.25) is 0 Å². The number of hydrogen-bond donors (Lipinski definition) is 3. The monoisotopic (exact) mass is 354 g/mol. The van der Waals surface area contributed by atoms with Gasteiger partial charge in [0.05, 0.1) is 5.69 Å². The van der Waals surface area contributed by atoms with Crippen LogP contribution in [-0.4, -0.2) is 17.4 Å². The fourth-order valence-corrected chi connectivity index (χ4v) is 3.06. The van der Waals surface area contributed by atoms with Gasteiger partial charge in [0.1, 0.15) is 10.7 Å². The predicted molar refractivity (Wildman–Crippen MR) is 87.5 cm³/mol. The van der Waals surface area contributed by atoms with E-state index in [1.165, 1.54) is 11.3 Å². The quantitative estimate of drug-likeness (QED) is 0.785. The van der Waals surface area contributed by atoms with Crippen molar-refractivity contribution >= 4 is 49.8 Å². The number of anilines is 3. The molecule has 0 fully saturated rings. The van der Waals surface area contributed by atoms with Gasteiger partial charge in [0, 0.05) is 11.0 Å². The lowest BCUT2D eigenvalue weighted by Crippen LogP contribution is -2.12. The highest BCUT2D eigenvalue weighted by Crippen LogP contribution is 2.28. The molecule has 1 aromatic heterocycles. The average molecular weight is 355 g/mol. The molecule has 0 radical (unpaired) electrons. The molecule has 2 aromatic rings. The van der Waals surface area contributed by atoms with Crippen LogP contribution in [0.4, 0.5) is 16.6 Å². The SMILES string of the molecule is CCNc1nc(N)c(C(=O)Nc2ccc(C)cc2Br)s1. The van der Waals surface area contributed by atoms with E-state index in [1.54, 1.807) is 0 Å². The van der Waals surface area contributed by atoms with E-state index < -0.39 is 0 Å². The summed E-state index contributed by atoms with van der Waals surface area (Å²) in [6, 6.07) is 5.72. The maximum atomic E-state index is 12.2. The number of hydrogen-bond acceptors (Lipinski definition) is 5. The van der Waals surface area contributed by atoms with Crippen LogP contribution < -0.4 is 16.4 Å². The topological polar surface area (TPSA) is 80.0 Å². The number of nitrogen functional groups attached to an aromatic ring is 1. The van der Waals surface area contributed by atoms with Crippen LogP contribution in [0, 0.1) is 6.92 Å². The van der Waals surface area contributed by atoms with Gasteiger partial charge in [-0.2, -0.15) is 0 Å². The van der Waals surface area contributed by atoms with Gasteiger partial charge in [-0.05, 0) is 47.5 Å². The van der Waals surface area contributed by atoms with E-state index in [0.29, 0.717) is 15.7 Å². The van der Waals surface area contributed by atoms with Crippen LogP contribution in [0.15, 0.2) is 22.7 Å². The minimum atomic E-state index is -0.256. The second kappa shape index (κ2) is 6.23. The van der Waals surface area contributed by atoms with Gasteiger partial charge in [0.25, 0.3) is 5.91 Å². The van der Waals surface area contributed by atoms with Crippen molar-refractivity contribution in [1.29, 1.82) is 0 Å². The Morgan fingerprint density at radius 3 is 2.90 bits per heavy atom. The fraction of sp³-hybridized carbons (Fsp3) is 0.231. The van der Waals surface area contributed by atoms with E-state index in [2.05, 4.69) is 31.5 Å². The first-order valence-electron chi connectivity index (χ1n) is 6.09. The molecule has 1 amide bonds. The first-order valence-corrected chi connectivity index (χ1v) is 7.70. The Kier molecular flexibility index (Phi) is 4.61. The van der Waals surface area contributed by atoms with Crippen molar-refractivity contribution in [3.63, 3.8) is 0 Å². The number of rotatable bonds is 4. The van der Waals surface area contributed by atoms with Gasteiger partial charge in [-0.25, -0.2) is 4.98 Å². The lowest BCUT2D eigenvalue weighted by atomic mass is 10.2. The van der Waals surface area contributed by atoms with Gasteiger partial charge in [0.15, 0.2) is 5.13 Å². The summed E-state index contributed by atoms with van der Waals surface area (Å²) >= 11 is 4.67. The first-order chi connectivity index (χ1) is 9.51. The summed E-state index contributed by atoms with van der Waals surface area (Å²) in [5, 5.41) is 6.52. The zero-order valence-corrected chi connectivity index (χ0v) is 13.6. The molecule has 0 bridgehead atoms. The second-order valence-electron chi connectivity index (χ2n) is 4.20. The van der Waals surface area contributed by atoms with Crippen LogP contribution >= 0.6 is 27.3 Å². The van der Waals surface area contributed by atoms with E-state index in [1.807, 2.05) is 32.0 Å². The molecule has 0 atom stereocenters. The third-order valence-corrected chi connectivity index (χ3v) is 4.24. The third-order valence-electron chi connectivity index (χ3n) is 2.56. The van der Waals surface area contributed by atoms with Gasteiger partial charge in [-0.1, -0.05) is 17.4 Å². The number of nitrogens with one attached hydrogen (secondary N) is 2. The number of nitrogens with zero attached hydrogens (tertiary/aromatic N) is 1. The molecule has 20 heavy (non-hydrogen) atoms. The molecule has 0 unspecified atom stereocenters. The number of halogens is 1. The van der Waals surface area contributed by atoms with Crippen molar-refractivity contribution in [3.05, 3.63) is 33.1 Å². The van der Waals surface area contributed by atoms with Crippen molar-refractivity contribution in [2.24, 2.45) is 0 Å². The lowest BCUT2D eigenvalue weighted by Gasteiger charge is -2.07. The van der Waals surface area contributed by atoms with Gasteiger partial charge < -0.3 is 16.4 Å². The summed E-state index contributed by atoms with van der Waals surface area (Å²) in [7, 11) is 0. The molecule has 0 spiro atoms. The van der Waals surface area contributed by atoms with Crippen LogP contribution in [0.2, 0.25) is 0 Å². The first kappa shape index (κ1) is 14.8. The summed E-state index contributed by atoms with van der Waals surface area (Å²) in [4.78, 5) is 16.7. The summed E-state index contributed by atoms with van der Waals surface area (Å²) in [5.74, 6) is -0.0135. The molecular weight excluding hydrogens is 340 g/mol. The zero-order chi connectivity index (χ0) is 14.7. The highest BCUT2D eigenvalue weighted by molar-refractivity contribution is 9.10. The van der Waals surface area contributed by atoms with Gasteiger partial charge >= 0.3 is 0 Å². The zero-order valence-electron chi connectivity index (χ0n) is 11.2. The Labute approximate surface area is 129 Å². The van der Waals surface area contributed by atoms with Gasteiger partial charge in [-0.15, -0.1) is 0 Å². The summed E-state index contributed by atoms with van der Waals surface area (Å²) < 4.78 is 0.834. The van der Waals surface area contributed by atoms with E-state index >= 15 is 0 Å². The molecule has 0 aliphatic carbocycles. The minimum Gasteiger partial charge on any atom is -0.382 e. The average Bonchev–Trinajstić information content (AvgIpc) is 2.74. The maximum Gasteiger partial charge on any atom is 0.269 e. The molecule has 0 aliphatic heterocycles. The number of nitrogens with two attached hydrogens (primary N) is 1. The molecule has 5 nitrogen and oxygen atoms in total. The number of aromatic nitrogens is 1. The van der Waals surface area contributed by atoms with Crippen LogP contribution in [0.5, 0.6) is 0 Å². The highest BCUT2D eigenvalue weighted by atomic mass is 79.9. The maximum absolute atomic E-state index is 12.2. The summed E-state index contributed by atoms with van der Waals surface area (Å²) in [6.07, 6.45) is 0. The van der Waals surface area contributed by atoms with Crippen LogP contribution in [0.1, 0.15) is 22.2 Å².